The van der Waals surface area contributed by atoms with Gasteiger partial charge in [-0.2, -0.15) is 26.3 Å². The van der Waals surface area contributed by atoms with Crippen LogP contribution in [0.5, 0.6) is 0 Å². The molecule has 0 fully saturated rings. The third-order valence-corrected chi connectivity index (χ3v) is 3.02. The molecule has 0 aliphatic carbocycles. The monoisotopic (exact) mass is 351 g/mol. The number of halogens is 6. The molecular weight excluding hydrogens is 340 g/mol. The molecular formula is C14H11F6N3O. The van der Waals surface area contributed by atoms with Crippen LogP contribution in [-0.2, 0) is 12.4 Å². The van der Waals surface area contributed by atoms with E-state index >= 15 is 0 Å². The number of nitrogens with one attached hydrogen (secondary N) is 1. The Morgan fingerprint density at radius 3 is 2.29 bits per heavy atom. The maximum absolute atomic E-state index is 12.9. The van der Waals surface area contributed by atoms with Gasteiger partial charge in [0.25, 0.3) is 0 Å². The maximum Gasteiger partial charge on any atom is 0.433 e. The third-order valence-electron chi connectivity index (χ3n) is 3.02. The van der Waals surface area contributed by atoms with E-state index in [1.165, 1.54) is 12.1 Å². The van der Waals surface area contributed by atoms with E-state index in [2.05, 4.69) is 15.3 Å². The van der Waals surface area contributed by atoms with E-state index in [1.807, 2.05) is 0 Å². The number of aliphatic hydroxyl groups excluding tert-OH is 1. The zero-order chi connectivity index (χ0) is 18.0. The lowest BCUT2D eigenvalue weighted by Crippen LogP contribution is -2.19. The predicted molar refractivity (Wildman–Crippen MR) is 71.9 cm³/mol. The van der Waals surface area contributed by atoms with E-state index < -0.39 is 47.8 Å². The Morgan fingerprint density at radius 1 is 1.00 bits per heavy atom. The first-order valence-corrected chi connectivity index (χ1v) is 6.57. The lowest BCUT2D eigenvalue weighted by Gasteiger charge is -2.18. The van der Waals surface area contributed by atoms with Crippen LogP contribution in [0.1, 0.15) is 22.9 Å². The van der Waals surface area contributed by atoms with E-state index in [1.54, 1.807) is 0 Å². The Hall–Kier alpha value is -2.36. The quantitative estimate of drug-likeness (QED) is 0.826. The van der Waals surface area contributed by atoms with E-state index in [0.29, 0.717) is 6.07 Å². The topological polar surface area (TPSA) is 58.0 Å². The molecule has 1 heterocycles. The van der Waals surface area contributed by atoms with Gasteiger partial charge in [-0.05, 0) is 17.7 Å². The van der Waals surface area contributed by atoms with E-state index in [4.69, 9.17) is 0 Å². The highest BCUT2D eigenvalue weighted by Gasteiger charge is 2.35. The molecule has 2 N–H and O–H groups in total. The summed E-state index contributed by atoms with van der Waals surface area (Å²) in [6.45, 7) is -0.492. The minimum absolute atomic E-state index is 0.399. The first-order valence-electron chi connectivity index (χ1n) is 6.57. The molecule has 0 radical (unpaired) electrons. The van der Waals surface area contributed by atoms with Crippen molar-refractivity contribution in [2.24, 2.45) is 0 Å². The Bertz CT molecular complexity index is 701. The minimum atomic E-state index is -4.68. The molecule has 1 aromatic carbocycles. The average Bonchev–Trinajstić information content (AvgIpc) is 2.51. The van der Waals surface area contributed by atoms with Crippen LogP contribution in [0.15, 0.2) is 36.5 Å². The van der Waals surface area contributed by atoms with Gasteiger partial charge in [-0.15, -0.1) is 0 Å². The molecule has 0 saturated carbocycles. The molecule has 24 heavy (non-hydrogen) atoms. The predicted octanol–water partition coefficient (Wildman–Crippen LogP) is 3.66. The third kappa shape index (κ3) is 4.34. The second kappa shape index (κ2) is 6.63. The number of anilines is 1. The first kappa shape index (κ1) is 18.0. The zero-order valence-electron chi connectivity index (χ0n) is 11.9. The second-order valence-electron chi connectivity index (χ2n) is 4.74. The average molecular weight is 351 g/mol. The molecule has 130 valence electrons. The van der Waals surface area contributed by atoms with Crippen LogP contribution in [-0.4, -0.2) is 21.6 Å². The largest absolute Gasteiger partial charge is 0.433 e. The summed E-state index contributed by atoms with van der Waals surface area (Å²) >= 11 is 0. The van der Waals surface area contributed by atoms with Gasteiger partial charge in [0.1, 0.15) is 5.69 Å². The van der Waals surface area contributed by atoms with Gasteiger partial charge in [0.15, 0.2) is 0 Å². The summed E-state index contributed by atoms with van der Waals surface area (Å²) in [6, 6.07) is 5.03. The van der Waals surface area contributed by atoms with E-state index in [-0.39, 0.29) is 0 Å². The van der Waals surface area contributed by atoms with Crippen molar-refractivity contribution in [3.63, 3.8) is 0 Å². The number of aliphatic hydroxyl groups is 1. The van der Waals surface area contributed by atoms with Crippen molar-refractivity contribution in [3.05, 3.63) is 53.3 Å². The highest BCUT2D eigenvalue weighted by molar-refractivity contribution is 5.33. The SMILES string of the molecule is O[C@@H](CNc1nccc(C(F)(F)F)n1)c1ccccc1C(F)(F)F. The summed E-state index contributed by atoms with van der Waals surface area (Å²) in [5.41, 5.74) is -2.63. The van der Waals surface area contributed by atoms with Crippen molar-refractivity contribution in [1.82, 2.24) is 9.97 Å². The van der Waals surface area contributed by atoms with Crippen LogP contribution in [0.2, 0.25) is 0 Å². The van der Waals surface area contributed by atoms with Gasteiger partial charge >= 0.3 is 12.4 Å². The normalized spacial score (nSPS) is 13.6. The molecule has 0 aliphatic rings. The van der Waals surface area contributed by atoms with Crippen molar-refractivity contribution < 1.29 is 31.4 Å². The number of alkyl halides is 6. The molecule has 0 unspecified atom stereocenters. The van der Waals surface area contributed by atoms with E-state index in [9.17, 15) is 31.4 Å². The Morgan fingerprint density at radius 2 is 1.67 bits per heavy atom. The number of hydrogen-bond donors (Lipinski definition) is 2. The zero-order valence-corrected chi connectivity index (χ0v) is 11.9. The Labute approximate surface area is 132 Å². The highest BCUT2D eigenvalue weighted by Crippen LogP contribution is 2.34. The van der Waals surface area contributed by atoms with Crippen molar-refractivity contribution in [2.45, 2.75) is 18.5 Å². The molecule has 1 aromatic heterocycles. The van der Waals surface area contributed by atoms with Crippen molar-refractivity contribution in [3.8, 4) is 0 Å². The molecule has 0 saturated heterocycles. The van der Waals surface area contributed by atoms with E-state index in [0.717, 1.165) is 18.3 Å². The van der Waals surface area contributed by atoms with Gasteiger partial charge in [0, 0.05) is 12.7 Å². The van der Waals surface area contributed by atoms with Crippen molar-refractivity contribution >= 4 is 5.95 Å². The number of aromatic nitrogens is 2. The van der Waals surface area contributed by atoms with Gasteiger partial charge in [-0.1, -0.05) is 18.2 Å². The van der Waals surface area contributed by atoms with Gasteiger partial charge in [-0.25, -0.2) is 9.97 Å². The molecule has 0 bridgehead atoms. The number of rotatable bonds is 4. The molecule has 2 aromatic rings. The van der Waals surface area contributed by atoms with Crippen LogP contribution in [0.4, 0.5) is 32.3 Å². The summed E-state index contributed by atoms with van der Waals surface area (Å²) in [6.07, 6.45) is -10.1. The number of benzene rings is 1. The summed E-state index contributed by atoms with van der Waals surface area (Å²) in [7, 11) is 0. The first-order chi connectivity index (χ1) is 11.1. The Balaban J connectivity index is 2.14. The highest BCUT2D eigenvalue weighted by atomic mass is 19.4. The standard InChI is InChI=1S/C14H11F6N3O/c15-13(16,17)9-4-2-1-3-8(9)10(24)7-22-12-21-6-5-11(23-12)14(18,19)20/h1-6,10,24H,7H2,(H,21,22,23)/t10-/m0/s1. The van der Waals surface area contributed by atoms with Crippen LogP contribution in [0.25, 0.3) is 0 Å². The molecule has 0 spiro atoms. The summed E-state index contributed by atoms with van der Waals surface area (Å²) in [5, 5.41) is 12.2. The summed E-state index contributed by atoms with van der Waals surface area (Å²) in [5.74, 6) is -0.451. The van der Waals surface area contributed by atoms with Crippen LogP contribution in [0.3, 0.4) is 0 Å². The van der Waals surface area contributed by atoms with Crippen molar-refractivity contribution in [2.75, 3.05) is 11.9 Å². The lowest BCUT2D eigenvalue weighted by molar-refractivity contribution is -0.141. The minimum Gasteiger partial charge on any atom is -0.387 e. The fourth-order valence-corrected chi connectivity index (χ4v) is 1.95. The second-order valence-corrected chi connectivity index (χ2v) is 4.74. The fraction of sp³-hybridized carbons (Fsp3) is 0.286. The smallest absolute Gasteiger partial charge is 0.387 e. The van der Waals surface area contributed by atoms with Crippen LogP contribution < -0.4 is 5.32 Å². The van der Waals surface area contributed by atoms with Gasteiger partial charge < -0.3 is 10.4 Å². The summed E-state index contributed by atoms with van der Waals surface area (Å²) in [4.78, 5) is 6.73. The summed E-state index contributed by atoms with van der Waals surface area (Å²) < 4.78 is 76.2. The van der Waals surface area contributed by atoms with Crippen LogP contribution in [0, 0.1) is 0 Å². The molecule has 0 amide bonds. The number of hydrogen-bond acceptors (Lipinski definition) is 4. The van der Waals surface area contributed by atoms with Gasteiger partial charge in [-0.3, -0.25) is 0 Å². The molecule has 10 heteroatoms. The maximum atomic E-state index is 12.9. The lowest BCUT2D eigenvalue weighted by atomic mass is 10.0. The number of nitrogens with zero attached hydrogens (tertiary/aromatic N) is 2. The molecule has 2 rings (SSSR count). The van der Waals surface area contributed by atoms with Gasteiger partial charge in [0.2, 0.25) is 5.95 Å². The molecule has 0 aliphatic heterocycles. The van der Waals surface area contributed by atoms with Crippen LogP contribution >= 0.6 is 0 Å². The molecule has 1 atom stereocenters. The fourth-order valence-electron chi connectivity index (χ4n) is 1.95. The van der Waals surface area contributed by atoms with Gasteiger partial charge in [0.05, 0.1) is 11.7 Å². The Kier molecular flexibility index (Phi) is 4.97. The molecule has 4 nitrogen and oxygen atoms in total. The van der Waals surface area contributed by atoms with Crippen molar-refractivity contribution in [1.29, 1.82) is 0 Å².